The van der Waals surface area contributed by atoms with Crippen LogP contribution in [0.2, 0.25) is 5.02 Å². The Morgan fingerprint density at radius 3 is 2.57 bits per heavy atom. The Labute approximate surface area is 128 Å². The molecule has 0 aliphatic heterocycles. The van der Waals surface area contributed by atoms with Crippen LogP contribution in [0.4, 0.5) is 8.78 Å². The molecule has 0 heterocycles. The molecule has 1 atom stereocenters. The van der Waals surface area contributed by atoms with Gasteiger partial charge in [0, 0.05) is 10.6 Å². The average Bonchev–Trinajstić information content (AvgIpc) is 2.46. The van der Waals surface area contributed by atoms with Gasteiger partial charge in [-0.3, -0.25) is 0 Å². The molecule has 1 nitrogen and oxygen atoms in total. The van der Waals surface area contributed by atoms with E-state index in [9.17, 15) is 8.78 Å². The highest BCUT2D eigenvalue weighted by molar-refractivity contribution is 6.30. The first-order valence-electron chi connectivity index (χ1n) is 6.97. The summed E-state index contributed by atoms with van der Waals surface area (Å²) in [6.45, 7) is 4.61. The van der Waals surface area contributed by atoms with Gasteiger partial charge in [0.15, 0.2) is 0 Å². The lowest BCUT2D eigenvalue weighted by molar-refractivity contribution is 0.541. The average molecular weight is 310 g/mol. The molecule has 0 amide bonds. The molecule has 0 aliphatic carbocycles. The Balaban J connectivity index is 2.52. The Hall–Kier alpha value is -1.45. The number of hydrogen-bond donors (Lipinski definition) is 1. The smallest absolute Gasteiger partial charge is 0.128 e. The lowest BCUT2D eigenvalue weighted by Gasteiger charge is -2.22. The zero-order valence-corrected chi connectivity index (χ0v) is 12.8. The lowest BCUT2D eigenvalue weighted by atomic mass is 9.94. The quantitative estimate of drug-likeness (QED) is 0.818. The molecule has 112 valence electrons. The van der Waals surface area contributed by atoms with Crippen LogP contribution in [0.5, 0.6) is 0 Å². The van der Waals surface area contributed by atoms with Gasteiger partial charge in [-0.25, -0.2) is 8.78 Å². The highest BCUT2D eigenvalue weighted by atomic mass is 35.5. The minimum Gasteiger partial charge on any atom is -0.306 e. The number of benzene rings is 2. The monoisotopic (exact) mass is 309 g/mol. The van der Waals surface area contributed by atoms with Crippen LogP contribution in [0.15, 0.2) is 36.4 Å². The molecule has 0 saturated heterocycles. The second-order valence-corrected chi connectivity index (χ2v) is 5.49. The molecule has 0 aromatic heterocycles. The fraction of sp³-hybridized carbons (Fsp3) is 0.294. The van der Waals surface area contributed by atoms with E-state index >= 15 is 0 Å². The summed E-state index contributed by atoms with van der Waals surface area (Å²) in [5.41, 5.74) is 2.07. The van der Waals surface area contributed by atoms with E-state index < -0.39 is 6.04 Å². The molecule has 0 saturated carbocycles. The molecule has 1 N–H and O–H groups in total. The van der Waals surface area contributed by atoms with E-state index in [1.165, 1.54) is 24.3 Å². The van der Waals surface area contributed by atoms with E-state index in [1.54, 1.807) is 12.1 Å². The summed E-state index contributed by atoms with van der Waals surface area (Å²) in [4.78, 5) is 0. The molecular weight excluding hydrogens is 292 g/mol. The van der Waals surface area contributed by atoms with Crippen LogP contribution in [0.1, 0.15) is 36.1 Å². The van der Waals surface area contributed by atoms with E-state index in [2.05, 4.69) is 5.32 Å². The molecule has 2 aromatic carbocycles. The third-order valence-corrected chi connectivity index (χ3v) is 3.65. The Morgan fingerprint density at radius 1 is 1.10 bits per heavy atom. The molecule has 2 rings (SSSR count). The van der Waals surface area contributed by atoms with Gasteiger partial charge in [-0.1, -0.05) is 24.6 Å². The second-order valence-electron chi connectivity index (χ2n) is 5.05. The molecular formula is C17H18ClF2N. The van der Waals surface area contributed by atoms with Crippen molar-refractivity contribution in [2.24, 2.45) is 0 Å². The van der Waals surface area contributed by atoms with Gasteiger partial charge in [0.05, 0.1) is 6.04 Å². The maximum absolute atomic E-state index is 14.2. The molecule has 0 spiro atoms. The van der Waals surface area contributed by atoms with Crippen LogP contribution in [0.3, 0.4) is 0 Å². The van der Waals surface area contributed by atoms with Crippen molar-refractivity contribution < 1.29 is 8.78 Å². The van der Waals surface area contributed by atoms with Crippen LogP contribution >= 0.6 is 11.6 Å². The zero-order chi connectivity index (χ0) is 15.4. The van der Waals surface area contributed by atoms with Crippen molar-refractivity contribution in [1.82, 2.24) is 5.32 Å². The van der Waals surface area contributed by atoms with Crippen LogP contribution in [0, 0.1) is 18.6 Å². The maximum atomic E-state index is 14.2. The number of aryl methyl sites for hydroxylation is 1. The predicted molar refractivity (Wildman–Crippen MR) is 82.7 cm³/mol. The minimum atomic E-state index is -0.417. The highest BCUT2D eigenvalue weighted by Crippen LogP contribution is 2.29. The van der Waals surface area contributed by atoms with Crippen molar-refractivity contribution in [3.63, 3.8) is 0 Å². The molecule has 0 aliphatic rings. The Bertz CT molecular complexity index is 577. The molecule has 0 radical (unpaired) electrons. The van der Waals surface area contributed by atoms with Crippen LogP contribution in [0.25, 0.3) is 0 Å². The summed E-state index contributed by atoms with van der Waals surface area (Å²) in [5, 5.41) is 3.73. The summed E-state index contributed by atoms with van der Waals surface area (Å²) in [7, 11) is 0. The van der Waals surface area contributed by atoms with E-state index in [-0.39, 0.29) is 11.6 Å². The lowest BCUT2D eigenvalue weighted by Crippen LogP contribution is -2.25. The van der Waals surface area contributed by atoms with E-state index in [0.29, 0.717) is 17.1 Å². The van der Waals surface area contributed by atoms with Gasteiger partial charge in [-0.05, 0) is 61.3 Å². The number of hydrogen-bond acceptors (Lipinski definition) is 1. The van der Waals surface area contributed by atoms with E-state index in [0.717, 1.165) is 17.5 Å². The fourth-order valence-corrected chi connectivity index (χ4v) is 2.51. The standard InChI is InChI=1S/C17H18ClF2N/c1-3-8-21-17(14-10-13(19)6-4-11(14)2)15-9-12(18)5-7-16(15)20/h4-7,9-10,17,21H,3,8H2,1-2H3. The highest BCUT2D eigenvalue weighted by Gasteiger charge is 2.20. The third-order valence-electron chi connectivity index (χ3n) is 3.42. The fourth-order valence-electron chi connectivity index (χ4n) is 2.33. The van der Waals surface area contributed by atoms with Crippen molar-refractivity contribution in [3.8, 4) is 0 Å². The van der Waals surface area contributed by atoms with Crippen molar-refractivity contribution in [1.29, 1.82) is 0 Å². The van der Waals surface area contributed by atoms with Crippen molar-refractivity contribution in [2.45, 2.75) is 26.3 Å². The van der Waals surface area contributed by atoms with E-state index in [4.69, 9.17) is 11.6 Å². The first-order chi connectivity index (χ1) is 10.0. The van der Waals surface area contributed by atoms with Crippen LogP contribution in [-0.4, -0.2) is 6.54 Å². The van der Waals surface area contributed by atoms with Gasteiger partial charge in [0.2, 0.25) is 0 Å². The summed E-state index contributed by atoms with van der Waals surface area (Å²) in [6.07, 6.45) is 0.896. The van der Waals surface area contributed by atoms with Gasteiger partial charge in [0.1, 0.15) is 11.6 Å². The third kappa shape index (κ3) is 3.80. The second kappa shape index (κ2) is 7.01. The van der Waals surface area contributed by atoms with Gasteiger partial charge in [0.25, 0.3) is 0 Å². The predicted octanol–water partition coefficient (Wildman–Crippen LogP) is 5.02. The number of rotatable bonds is 5. The number of halogens is 3. The summed E-state index contributed by atoms with van der Waals surface area (Å²) < 4.78 is 27.8. The molecule has 0 fully saturated rings. The van der Waals surface area contributed by atoms with E-state index in [1.807, 2.05) is 13.8 Å². The topological polar surface area (TPSA) is 12.0 Å². The first kappa shape index (κ1) is 15.9. The normalized spacial score (nSPS) is 12.4. The van der Waals surface area contributed by atoms with Gasteiger partial charge < -0.3 is 5.32 Å². The zero-order valence-electron chi connectivity index (χ0n) is 12.1. The summed E-state index contributed by atoms with van der Waals surface area (Å²) in [6, 6.07) is 8.58. The summed E-state index contributed by atoms with van der Waals surface area (Å²) >= 11 is 5.98. The van der Waals surface area contributed by atoms with Crippen LogP contribution in [-0.2, 0) is 0 Å². The summed E-state index contributed by atoms with van der Waals surface area (Å²) in [5.74, 6) is -0.682. The molecule has 0 bridgehead atoms. The Morgan fingerprint density at radius 2 is 1.86 bits per heavy atom. The van der Waals surface area contributed by atoms with Crippen molar-refractivity contribution in [2.75, 3.05) is 6.54 Å². The van der Waals surface area contributed by atoms with Crippen molar-refractivity contribution >= 4 is 11.6 Å². The SMILES string of the molecule is CCCNC(c1cc(F)ccc1C)c1cc(Cl)ccc1F. The van der Waals surface area contributed by atoms with Gasteiger partial charge in [-0.2, -0.15) is 0 Å². The number of nitrogens with one attached hydrogen (secondary N) is 1. The van der Waals surface area contributed by atoms with Gasteiger partial charge in [-0.15, -0.1) is 0 Å². The Kier molecular flexibility index (Phi) is 5.32. The molecule has 4 heteroatoms. The van der Waals surface area contributed by atoms with Crippen molar-refractivity contribution in [3.05, 3.63) is 69.7 Å². The molecule has 2 aromatic rings. The molecule has 21 heavy (non-hydrogen) atoms. The maximum Gasteiger partial charge on any atom is 0.128 e. The largest absolute Gasteiger partial charge is 0.306 e. The minimum absolute atomic E-state index is 0.332. The molecule has 1 unspecified atom stereocenters. The first-order valence-corrected chi connectivity index (χ1v) is 7.35. The van der Waals surface area contributed by atoms with Crippen LogP contribution < -0.4 is 5.32 Å². The van der Waals surface area contributed by atoms with Gasteiger partial charge >= 0.3 is 0 Å².